The van der Waals surface area contributed by atoms with Crippen molar-refractivity contribution >= 4 is 10.2 Å². The van der Waals surface area contributed by atoms with Gasteiger partial charge in [-0.2, -0.15) is 0 Å². The summed E-state index contributed by atoms with van der Waals surface area (Å²) in [6.07, 6.45) is 6.23. The molecular formula is C14H22O2Si. The third kappa shape index (κ3) is 3.18. The lowest BCUT2D eigenvalue weighted by atomic mass is 9.79. The Morgan fingerprint density at radius 1 is 1.12 bits per heavy atom. The summed E-state index contributed by atoms with van der Waals surface area (Å²) in [6.45, 7) is 0.697. The number of aliphatic hydroxyl groups is 1. The van der Waals surface area contributed by atoms with Crippen molar-refractivity contribution in [3.05, 3.63) is 35.4 Å². The number of rotatable bonds is 4. The normalized spacial score (nSPS) is 19.4. The maximum absolute atomic E-state index is 10.6. The van der Waals surface area contributed by atoms with Crippen LogP contribution in [-0.4, -0.2) is 21.6 Å². The fourth-order valence-electron chi connectivity index (χ4n) is 2.56. The van der Waals surface area contributed by atoms with Crippen LogP contribution in [0.5, 0.6) is 0 Å². The molecule has 0 atom stereocenters. The van der Waals surface area contributed by atoms with Gasteiger partial charge in [0.25, 0.3) is 0 Å². The van der Waals surface area contributed by atoms with Gasteiger partial charge >= 0.3 is 0 Å². The third-order valence-corrected chi connectivity index (χ3v) is 4.05. The SMILES string of the molecule is OC1(c2ccc(COC[SiH3])cc2)CCCCC1. The zero-order valence-electron chi connectivity index (χ0n) is 10.6. The number of benzene rings is 1. The Bertz CT molecular complexity index is 342. The molecule has 2 nitrogen and oxygen atoms in total. The van der Waals surface area contributed by atoms with E-state index in [1.54, 1.807) is 0 Å². The number of hydrogen-bond donors (Lipinski definition) is 1. The van der Waals surface area contributed by atoms with E-state index in [0.717, 1.165) is 47.7 Å². The van der Waals surface area contributed by atoms with Crippen LogP contribution in [-0.2, 0) is 16.9 Å². The Labute approximate surface area is 106 Å². The Morgan fingerprint density at radius 2 is 1.76 bits per heavy atom. The van der Waals surface area contributed by atoms with E-state index >= 15 is 0 Å². The van der Waals surface area contributed by atoms with Crippen LogP contribution in [0.15, 0.2) is 24.3 Å². The van der Waals surface area contributed by atoms with Crippen molar-refractivity contribution in [1.29, 1.82) is 0 Å². The monoisotopic (exact) mass is 250 g/mol. The summed E-state index contributed by atoms with van der Waals surface area (Å²) in [5.74, 6) is 0. The minimum atomic E-state index is -0.574. The van der Waals surface area contributed by atoms with E-state index in [2.05, 4.69) is 24.3 Å². The third-order valence-electron chi connectivity index (χ3n) is 3.64. The van der Waals surface area contributed by atoms with Crippen LogP contribution in [0.3, 0.4) is 0 Å². The molecule has 94 valence electrons. The summed E-state index contributed by atoms with van der Waals surface area (Å²) >= 11 is 0. The van der Waals surface area contributed by atoms with Gasteiger partial charge in [0.1, 0.15) is 0 Å². The Kier molecular flexibility index (Phi) is 4.37. The van der Waals surface area contributed by atoms with Crippen LogP contribution < -0.4 is 0 Å². The van der Waals surface area contributed by atoms with Crippen LogP contribution >= 0.6 is 0 Å². The molecule has 0 saturated heterocycles. The van der Waals surface area contributed by atoms with E-state index in [0.29, 0.717) is 6.61 Å². The fraction of sp³-hybridized carbons (Fsp3) is 0.571. The van der Waals surface area contributed by atoms with E-state index in [-0.39, 0.29) is 0 Å². The van der Waals surface area contributed by atoms with E-state index in [4.69, 9.17) is 4.74 Å². The first-order valence-electron chi connectivity index (χ1n) is 6.64. The van der Waals surface area contributed by atoms with Crippen LogP contribution in [0.1, 0.15) is 43.2 Å². The van der Waals surface area contributed by atoms with E-state index in [9.17, 15) is 5.11 Å². The molecular weight excluding hydrogens is 228 g/mol. The van der Waals surface area contributed by atoms with Crippen molar-refractivity contribution in [2.45, 2.75) is 44.3 Å². The van der Waals surface area contributed by atoms with Gasteiger partial charge in [0, 0.05) is 16.5 Å². The van der Waals surface area contributed by atoms with Crippen molar-refractivity contribution in [3.8, 4) is 0 Å². The maximum Gasteiger partial charge on any atom is 0.0896 e. The van der Waals surface area contributed by atoms with Gasteiger partial charge < -0.3 is 9.84 Å². The standard InChI is InChI=1S/C14H22O2Si/c15-14(8-2-1-3-9-14)13-6-4-12(5-7-13)10-16-11-17/h4-7,15H,1-3,8-11H2,17H3. The number of hydrogen-bond acceptors (Lipinski definition) is 2. The molecule has 17 heavy (non-hydrogen) atoms. The maximum atomic E-state index is 10.6. The second-order valence-corrected chi connectivity index (χ2v) is 5.50. The Morgan fingerprint density at radius 3 is 2.35 bits per heavy atom. The lowest BCUT2D eigenvalue weighted by molar-refractivity contribution is -0.000665. The van der Waals surface area contributed by atoms with Crippen molar-refractivity contribution in [3.63, 3.8) is 0 Å². The second kappa shape index (κ2) is 5.80. The molecule has 0 unspecified atom stereocenters. The molecule has 2 rings (SSSR count). The first-order chi connectivity index (χ1) is 8.24. The summed E-state index contributed by atoms with van der Waals surface area (Å²) in [6, 6.07) is 8.30. The van der Waals surface area contributed by atoms with Gasteiger partial charge in [0.15, 0.2) is 0 Å². The van der Waals surface area contributed by atoms with Gasteiger partial charge in [-0.15, -0.1) is 0 Å². The molecule has 1 aromatic carbocycles. The Hall–Kier alpha value is -0.643. The highest BCUT2D eigenvalue weighted by Crippen LogP contribution is 2.36. The first-order valence-corrected chi connectivity index (χ1v) is 8.05. The van der Waals surface area contributed by atoms with Gasteiger partial charge in [0.2, 0.25) is 0 Å². The molecule has 1 aliphatic carbocycles. The predicted octanol–water partition coefficient (Wildman–Crippen LogP) is 1.68. The zero-order valence-corrected chi connectivity index (χ0v) is 12.6. The highest BCUT2D eigenvalue weighted by Gasteiger charge is 2.30. The molecule has 0 aliphatic heterocycles. The summed E-state index contributed by atoms with van der Waals surface area (Å²) in [7, 11) is 1.09. The summed E-state index contributed by atoms with van der Waals surface area (Å²) < 4.78 is 5.43. The molecule has 1 aromatic rings. The average Bonchev–Trinajstić information content (AvgIpc) is 2.38. The van der Waals surface area contributed by atoms with E-state index in [1.165, 1.54) is 12.0 Å². The molecule has 0 aromatic heterocycles. The summed E-state index contributed by atoms with van der Waals surface area (Å²) in [4.78, 5) is 0. The molecule has 0 radical (unpaired) electrons. The topological polar surface area (TPSA) is 29.5 Å². The number of ether oxygens (including phenoxy) is 1. The van der Waals surface area contributed by atoms with Gasteiger partial charge in [-0.05, 0) is 24.0 Å². The molecule has 0 amide bonds. The molecule has 0 bridgehead atoms. The molecule has 1 aliphatic rings. The second-order valence-electron chi connectivity index (χ2n) is 4.93. The molecule has 1 N–H and O–H groups in total. The lowest BCUT2D eigenvalue weighted by Crippen LogP contribution is -2.28. The van der Waals surface area contributed by atoms with Gasteiger partial charge in [0.05, 0.1) is 12.2 Å². The van der Waals surface area contributed by atoms with Gasteiger partial charge in [-0.1, -0.05) is 43.5 Å². The van der Waals surface area contributed by atoms with Crippen LogP contribution in [0.25, 0.3) is 0 Å². The molecule has 0 spiro atoms. The largest absolute Gasteiger partial charge is 0.385 e. The highest BCUT2D eigenvalue weighted by molar-refractivity contribution is 6.08. The van der Waals surface area contributed by atoms with Crippen molar-refractivity contribution in [1.82, 2.24) is 0 Å². The van der Waals surface area contributed by atoms with Crippen LogP contribution in [0, 0.1) is 0 Å². The first kappa shape index (κ1) is 12.8. The minimum Gasteiger partial charge on any atom is -0.385 e. The highest BCUT2D eigenvalue weighted by atomic mass is 28.1. The zero-order chi connectivity index (χ0) is 12.1. The van der Waals surface area contributed by atoms with Crippen molar-refractivity contribution in [2.24, 2.45) is 0 Å². The quantitative estimate of drug-likeness (QED) is 0.824. The van der Waals surface area contributed by atoms with E-state index in [1.807, 2.05) is 0 Å². The van der Waals surface area contributed by atoms with Gasteiger partial charge in [-0.3, -0.25) is 0 Å². The van der Waals surface area contributed by atoms with Crippen molar-refractivity contribution in [2.75, 3.05) is 6.23 Å². The smallest absolute Gasteiger partial charge is 0.0896 e. The molecule has 1 fully saturated rings. The van der Waals surface area contributed by atoms with Crippen molar-refractivity contribution < 1.29 is 9.84 Å². The van der Waals surface area contributed by atoms with Crippen LogP contribution in [0.2, 0.25) is 0 Å². The Balaban J connectivity index is 2.06. The minimum absolute atomic E-state index is 0.574. The predicted molar refractivity (Wildman–Crippen MR) is 73.0 cm³/mol. The van der Waals surface area contributed by atoms with Crippen LogP contribution in [0.4, 0.5) is 0 Å². The molecule has 3 heteroatoms. The summed E-state index contributed by atoms with van der Waals surface area (Å²) in [5, 5.41) is 10.6. The molecule has 0 heterocycles. The fourth-order valence-corrected chi connectivity index (χ4v) is 2.76. The lowest BCUT2D eigenvalue weighted by Gasteiger charge is -2.32. The summed E-state index contributed by atoms with van der Waals surface area (Å²) in [5.41, 5.74) is 1.70. The van der Waals surface area contributed by atoms with Gasteiger partial charge in [-0.25, -0.2) is 0 Å². The average molecular weight is 250 g/mol. The van der Waals surface area contributed by atoms with E-state index < -0.39 is 5.60 Å². The molecule has 1 saturated carbocycles.